The third-order valence-electron chi connectivity index (χ3n) is 4.90. The lowest BCUT2D eigenvalue weighted by atomic mass is 9.86. The third-order valence-corrected chi connectivity index (χ3v) is 8.00. The summed E-state index contributed by atoms with van der Waals surface area (Å²) in [5, 5.41) is 3.12. The minimum atomic E-state index is -0.0493. The van der Waals surface area contributed by atoms with Gasteiger partial charge >= 0.3 is 0 Å². The summed E-state index contributed by atoms with van der Waals surface area (Å²) in [6.45, 7) is 2.25. The highest BCUT2D eigenvalue weighted by Crippen LogP contribution is 2.46. The van der Waals surface area contributed by atoms with E-state index in [9.17, 15) is 4.79 Å². The van der Waals surface area contributed by atoms with Crippen LogP contribution in [0.5, 0.6) is 11.5 Å². The topological polar surface area (TPSA) is 47.6 Å². The van der Waals surface area contributed by atoms with Crippen LogP contribution in [0.15, 0.2) is 18.2 Å². The van der Waals surface area contributed by atoms with Crippen LogP contribution >= 0.6 is 23.5 Å². The van der Waals surface area contributed by atoms with E-state index >= 15 is 0 Å². The standard InChI is InChI=1S/C19H27NO3S2/c1-13-5-3-4-6-15(13)20-18(21)12-23-16-8-7-14(11-17(16)22-2)19-24-9-10-25-19/h7-8,11,13,15,19H,3-6,9-10,12H2,1-2H3,(H,20,21)/t13-,15-/m1/s1. The van der Waals surface area contributed by atoms with Gasteiger partial charge in [0, 0.05) is 17.5 Å². The molecule has 2 atom stereocenters. The number of hydrogen-bond donors (Lipinski definition) is 1. The average molecular weight is 382 g/mol. The summed E-state index contributed by atoms with van der Waals surface area (Å²) in [5.41, 5.74) is 1.25. The Labute approximate surface area is 158 Å². The number of carbonyl (C=O) groups is 1. The highest BCUT2D eigenvalue weighted by atomic mass is 32.2. The van der Waals surface area contributed by atoms with Crippen LogP contribution in [-0.4, -0.2) is 37.2 Å². The first kappa shape index (κ1) is 18.8. The van der Waals surface area contributed by atoms with Gasteiger partial charge in [-0.05, 0) is 36.5 Å². The Balaban J connectivity index is 1.55. The van der Waals surface area contributed by atoms with Crippen molar-refractivity contribution < 1.29 is 14.3 Å². The van der Waals surface area contributed by atoms with Crippen LogP contribution in [-0.2, 0) is 4.79 Å². The molecule has 138 valence electrons. The van der Waals surface area contributed by atoms with Gasteiger partial charge in [0.25, 0.3) is 5.91 Å². The van der Waals surface area contributed by atoms with Crippen LogP contribution in [0.25, 0.3) is 0 Å². The molecular formula is C19H27NO3S2. The van der Waals surface area contributed by atoms with Gasteiger partial charge in [-0.2, -0.15) is 0 Å². The van der Waals surface area contributed by atoms with Crippen molar-refractivity contribution in [2.24, 2.45) is 5.92 Å². The zero-order chi connectivity index (χ0) is 17.6. The van der Waals surface area contributed by atoms with Crippen LogP contribution in [0, 0.1) is 5.92 Å². The fourth-order valence-corrected chi connectivity index (χ4v) is 6.26. The summed E-state index contributed by atoms with van der Waals surface area (Å²) in [6.07, 6.45) is 4.73. The lowest BCUT2D eigenvalue weighted by Gasteiger charge is -2.29. The second-order valence-electron chi connectivity index (χ2n) is 6.71. The van der Waals surface area contributed by atoms with E-state index in [-0.39, 0.29) is 18.6 Å². The second-order valence-corrected chi connectivity index (χ2v) is 9.43. The molecule has 1 N–H and O–H groups in total. The van der Waals surface area contributed by atoms with E-state index in [0.717, 1.165) is 6.42 Å². The summed E-state index contributed by atoms with van der Waals surface area (Å²) in [7, 11) is 1.64. The molecule has 1 saturated heterocycles. The van der Waals surface area contributed by atoms with Crippen molar-refractivity contribution in [1.82, 2.24) is 5.32 Å². The van der Waals surface area contributed by atoms with Gasteiger partial charge in [0.1, 0.15) is 0 Å². The fourth-order valence-electron chi connectivity index (χ4n) is 3.42. The van der Waals surface area contributed by atoms with Gasteiger partial charge < -0.3 is 14.8 Å². The molecule has 2 aliphatic rings. The first-order valence-corrected chi connectivity index (χ1v) is 11.1. The Morgan fingerprint density at radius 3 is 2.68 bits per heavy atom. The van der Waals surface area contributed by atoms with E-state index in [1.807, 2.05) is 35.7 Å². The van der Waals surface area contributed by atoms with Gasteiger partial charge in [0.2, 0.25) is 0 Å². The number of methoxy groups -OCH3 is 1. The molecule has 1 aromatic rings. The Bertz CT molecular complexity index is 590. The molecule has 25 heavy (non-hydrogen) atoms. The molecule has 1 aliphatic carbocycles. The molecule has 1 amide bonds. The maximum Gasteiger partial charge on any atom is 0.258 e. The Kier molecular flexibility index (Phi) is 6.82. The number of carbonyl (C=O) groups excluding carboxylic acids is 1. The third kappa shape index (κ3) is 5.00. The Hall–Kier alpha value is -1.01. The summed E-state index contributed by atoms with van der Waals surface area (Å²) in [6, 6.07) is 6.32. The average Bonchev–Trinajstić information content (AvgIpc) is 3.16. The highest BCUT2D eigenvalue weighted by molar-refractivity contribution is 8.19. The van der Waals surface area contributed by atoms with Crippen molar-refractivity contribution in [1.29, 1.82) is 0 Å². The number of thioether (sulfide) groups is 2. The van der Waals surface area contributed by atoms with Gasteiger partial charge in [-0.15, -0.1) is 23.5 Å². The number of amides is 1. The largest absolute Gasteiger partial charge is 0.493 e. The normalized spacial score (nSPS) is 24.1. The van der Waals surface area contributed by atoms with E-state index in [1.165, 1.54) is 36.3 Å². The maximum absolute atomic E-state index is 12.2. The van der Waals surface area contributed by atoms with Gasteiger partial charge in [-0.1, -0.05) is 25.8 Å². The number of rotatable bonds is 6. The van der Waals surface area contributed by atoms with Crippen molar-refractivity contribution >= 4 is 29.4 Å². The number of benzene rings is 1. The molecule has 0 radical (unpaired) electrons. The number of nitrogens with one attached hydrogen (secondary N) is 1. The second kappa shape index (κ2) is 9.08. The molecule has 1 saturated carbocycles. The highest BCUT2D eigenvalue weighted by Gasteiger charge is 2.23. The van der Waals surface area contributed by atoms with E-state index in [2.05, 4.69) is 18.3 Å². The molecule has 0 spiro atoms. The van der Waals surface area contributed by atoms with Crippen LogP contribution in [0.3, 0.4) is 0 Å². The first-order chi connectivity index (χ1) is 12.2. The van der Waals surface area contributed by atoms with E-state index in [4.69, 9.17) is 9.47 Å². The lowest BCUT2D eigenvalue weighted by Crippen LogP contribution is -2.43. The molecule has 1 aliphatic heterocycles. The minimum Gasteiger partial charge on any atom is -0.493 e. The van der Waals surface area contributed by atoms with Crippen LogP contribution in [0.4, 0.5) is 0 Å². The summed E-state index contributed by atoms with van der Waals surface area (Å²) >= 11 is 3.92. The zero-order valence-corrected chi connectivity index (χ0v) is 16.6. The van der Waals surface area contributed by atoms with E-state index in [1.54, 1.807) is 7.11 Å². The van der Waals surface area contributed by atoms with Crippen LogP contribution in [0.2, 0.25) is 0 Å². The van der Waals surface area contributed by atoms with E-state index < -0.39 is 0 Å². The molecule has 0 unspecified atom stereocenters. The predicted molar refractivity (Wildman–Crippen MR) is 106 cm³/mol. The Morgan fingerprint density at radius 2 is 1.96 bits per heavy atom. The monoisotopic (exact) mass is 381 g/mol. The summed E-state index contributed by atoms with van der Waals surface area (Å²) < 4.78 is 11.7. The molecule has 6 heteroatoms. The fraction of sp³-hybridized carbons (Fsp3) is 0.632. The molecule has 1 heterocycles. The van der Waals surface area contributed by atoms with Crippen LogP contribution < -0.4 is 14.8 Å². The minimum absolute atomic E-state index is 0.0336. The quantitative estimate of drug-likeness (QED) is 0.798. The molecule has 2 fully saturated rings. The van der Waals surface area contributed by atoms with Crippen molar-refractivity contribution in [3.8, 4) is 11.5 Å². The van der Waals surface area contributed by atoms with Crippen molar-refractivity contribution in [3.63, 3.8) is 0 Å². The zero-order valence-electron chi connectivity index (χ0n) is 15.0. The van der Waals surface area contributed by atoms with Crippen molar-refractivity contribution in [2.75, 3.05) is 25.2 Å². The van der Waals surface area contributed by atoms with Gasteiger partial charge in [0.05, 0.1) is 11.7 Å². The predicted octanol–water partition coefficient (Wildman–Crippen LogP) is 4.25. The van der Waals surface area contributed by atoms with Crippen molar-refractivity contribution in [2.45, 2.75) is 43.2 Å². The van der Waals surface area contributed by atoms with Gasteiger partial charge in [-0.25, -0.2) is 0 Å². The van der Waals surface area contributed by atoms with E-state index in [0.29, 0.717) is 22.0 Å². The SMILES string of the molecule is COc1cc(C2SCCS2)ccc1OCC(=O)N[C@@H]1CCCC[C@H]1C. The summed E-state index contributed by atoms with van der Waals surface area (Å²) in [4.78, 5) is 12.2. The maximum atomic E-state index is 12.2. The number of hydrogen-bond acceptors (Lipinski definition) is 5. The summed E-state index contributed by atoms with van der Waals surface area (Å²) in [5.74, 6) is 4.21. The molecule has 0 aromatic heterocycles. The number of ether oxygens (including phenoxy) is 2. The van der Waals surface area contributed by atoms with Gasteiger partial charge in [-0.3, -0.25) is 4.79 Å². The molecular weight excluding hydrogens is 354 g/mol. The molecule has 4 nitrogen and oxygen atoms in total. The molecule has 3 rings (SSSR count). The van der Waals surface area contributed by atoms with Crippen LogP contribution in [0.1, 0.15) is 42.8 Å². The Morgan fingerprint density at radius 1 is 1.20 bits per heavy atom. The smallest absolute Gasteiger partial charge is 0.258 e. The van der Waals surface area contributed by atoms with Crippen molar-refractivity contribution in [3.05, 3.63) is 23.8 Å². The van der Waals surface area contributed by atoms with Gasteiger partial charge in [0.15, 0.2) is 18.1 Å². The molecule has 0 bridgehead atoms. The molecule has 1 aromatic carbocycles. The first-order valence-electron chi connectivity index (χ1n) is 9.00. The lowest BCUT2D eigenvalue weighted by molar-refractivity contribution is -0.124.